The summed E-state index contributed by atoms with van der Waals surface area (Å²) in [7, 11) is -3.67. The molecule has 0 aliphatic heterocycles. The molecule has 2 aromatic carbocycles. The van der Waals surface area contributed by atoms with Crippen LogP contribution in [0.25, 0.3) is 0 Å². The van der Waals surface area contributed by atoms with Crippen molar-refractivity contribution in [3.05, 3.63) is 64.7 Å². The van der Waals surface area contributed by atoms with Gasteiger partial charge in [0.05, 0.1) is 18.0 Å². The summed E-state index contributed by atoms with van der Waals surface area (Å²) in [5.41, 5.74) is 2.43. The third-order valence-electron chi connectivity index (χ3n) is 4.09. The van der Waals surface area contributed by atoms with Gasteiger partial charge in [0.25, 0.3) is 0 Å². The summed E-state index contributed by atoms with van der Waals surface area (Å²) in [6.45, 7) is 5.41. The minimum absolute atomic E-state index is 0.244. The van der Waals surface area contributed by atoms with Crippen LogP contribution in [-0.4, -0.2) is 26.6 Å². The second-order valence-electron chi connectivity index (χ2n) is 6.36. The molecule has 0 saturated heterocycles. The van der Waals surface area contributed by atoms with Crippen LogP contribution in [0, 0.1) is 6.92 Å². The van der Waals surface area contributed by atoms with Crippen LogP contribution in [0.3, 0.4) is 0 Å². The number of hydrogen-bond acceptors (Lipinski definition) is 3. The number of amides is 1. The van der Waals surface area contributed by atoms with Gasteiger partial charge in [0.1, 0.15) is 6.04 Å². The molecule has 26 heavy (non-hydrogen) atoms. The Morgan fingerprint density at radius 3 is 2.27 bits per heavy atom. The quantitative estimate of drug-likeness (QED) is 0.812. The lowest BCUT2D eigenvalue weighted by atomic mass is 10.1. The minimum Gasteiger partial charge on any atom is -0.348 e. The van der Waals surface area contributed by atoms with E-state index >= 15 is 0 Å². The van der Waals surface area contributed by atoms with E-state index in [-0.39, 0.29) is 11.9 Å². The van der Waals surface area contributed by atoms with Crippen LogP contribution in [0.1, 0.15) is 31.0 Å². The van der Waals surface area contributed by atoms with E-state index in [1.807, 2.05) is 38.1 Å². The minimum atomic E-state index is -3.67. The van der Waals surface area contributed by atoms with E-state index in [0.29, 0.717) is 10.7 Å². The first-order chi connectivity index (χ1) is 12.1. The molecule has 0 radical (unpaired) electrons. The Labute approximate surface area is 160 Å². The SMILES string of the molecule is Cc1ccc([C@@H](C)NC(=O)[C@H](C)N(c2cccc(Cl)c2)S(C)(=O)=O)cc1. The van der Waals surface area contributed by atoms with Crippen molar-refractivity contribution in [2.45, 2.75) is 32.9 Å². The highest BCUT2D eigenvalue weighted by atomic mass is 35.5. The number of nitrogens with zero attached hydrogens (tertiary/aromatic N) is 1. The summed E-state index contributed by atoms with van der Waals surface area (Å²) in [6, 6.07) is 13.1. The molecule has 140 valence electrons. The number of sulfonamides is 1. The molecule has 0 unspecified atom stereocenters. The van der Waals surface area contributed by atoms with Crippen LogP contribution in [-0.2, 0) is 14.8 Å². The summed E-state index contributed by atoms with van der Waals surface area (Å²) in [5, 5.41) is 3.27. The number of carbonyl (C=O) groups excluding carboxylic acids is 1. The zero-order valence-electron chi connectivity index (χ0n) is 15.2. The number of rotatable bonds is 6. The standard InChI is InChI=1S/C19H23ClN2O3S/c1-13-8-10-16(11-9-13)14(2)21-19(23)15(3)22(26(4,24)25)18-7-5-6-17(20)12-18/h5-12,14-15H,1-4H3,(H,21,23)/t14-,15+/m1/s1. The van der Waals surface area contributed by atoms with Gasteiger partial charge in [0.2, 0.25) is 15.9 Å². The van der Waals surface area contributed by atoms with Gasteiger partial charge in [-0.1, -0.05) is 47.5 Å². The predicted octanol–water partition coefficient (Wildman–Crippen LogP) is 3.68. The lowest BCUT2D eigenvalue weighted by Gasteiger charge is -2.29. The lowest BCUT2D eigenvalue weighted by Crippen LogP contribution is -2.48. The number of carbonyl (C=O) groups is 1. The molecular formula is C19H23ClN2O3S. The van der Waals surface area contributed by atoms with Crippen molar-refractivity contribution in [2.75, 3.05) is 10.6 Å². The van der Waals surface area contributed by atoms with E-state index in [1.54, 1.807) is 25.1 Å². The van der Waals surface area contributed by atoms with E-state index in [9.17, 15) is 13.2 Å². The van der Waals surface area contributed by atoms with Gasteiger partial charge in [0, 0.05) is 5.02 Å². The molecule has 7 heteroatoms. The van der Waals surface area contributed by atoms with E-state index in [1.165, 1.54) is 6.07 Å². The molecule has 0 spiro atoms. The topological polar surface area (TPSA) is 66.5 Å². The van der Waals surface area contributed by atoms with Gasteiger partial charge in [-0.25, -0.2) is 8.42 Å². The average Bonchev–Trinajstić information content (AvgIpc) is 2.54. The normalized spacial score (nSPS) is 13.7. The Kier molecular flexibility index (Phi) is 6.31. The molecule has 0 fully saturated rings. The first-order valence-electron chi connectivity index (χ1n) is 8.21. The smallest absolute Gasteiger partial charge is 0.244 e. The molecule has 2 aromatic rings. The Bertz CT molecular complexity index is 882. The van der Waals surface area contributed by atoms with Crippen molar-refractivity contribution in [1.82, 2.24) is 5.32 Å². The van der Waals surface area contributed by atoms with Crippen molar-refractivity contribution in [2.24, 2.45) is 0 Å². The Hall–Kier alpha value is -2.05. The fraction of sp³-hybridized carbons (Fsp3) is 0.316. The average molecular weight is 395 g/mol. The second kappa shape index (κ2) is 8.10. The van der Waals surface area contributed by atoms with Gasteiger partial charge in [0.15, 0.2) is 0 Å². The maximum absolute atomic E-state index is 12.7. The maximum Gasteiger partial charge on any atom is 0.244 e. The fourth-order valence-corrected chi connectivity index (χ4v) is 4.05. The third kappa shape index (κ3) is 4.99. The van der Waals surface area contributed by atoms with Crippen LogP contribution < -0.4 is 9.62 Å². The van der Waals surface area contributed by atoms with Gasteiger partial charge in [-0.15, -0.1) is 0 Å². The van der Waals surface area contributed by atoms with Gasteiger partial charge >= 0.3 is 0 Å². The molecule has 1 amide bonds. The first-order valence-corrected chi connectivity index (χ1v) is 10.4. The largest absolute Gasteiger partial charge is 0.348 e. The molecule has 0 aliphatic rings. The number of halogens is 1. The molecule has 0 aromatic heterocycles. The van der Waals surface area contributed by atoms with Crippen molar-refractivity contribution < 1.29 is 13.2 Å². The van der Waals surface area contributed by atoms with Crippen LogP contribution >= 0.6 is 11.6 Å². The number of aryl methyl sites for hydroxylation is 1. The Balaban J connectivity index is 2.23. The molecular weight excluding hydrogens is 372 g/mol. The van der Waals surface area contributed by atoms with Gasteiger partial charge in [-0.2, -0.15) is 0 Å². The highest BCUT2D eigenvalue weighted by molar-refractivity contribution is 7.92. The maximum atomic E-state index is 12.7. The Morgan fingerprint density at radius 1 is 1.12 bits per heavy atom. The molecule has 0 aliphatic carbocycles. The molecule has 0 saturated carbocycles. The summed E-state index contributed by atoms with van der Waals surface area (Å²) >= 11 is 5.98. The first kappa shape index (κ1) is 20.3. The summed E-state index contributed by atoms with van der Waals surface area (Å²) in [6.07, 6.45) is 1.07. The highest BCUT2D eigenvalue weighted by Gasteiger charge is 2.30. The number of anilines is 1. The summed E-state index contributed by atoms with van der Waals surface area (Å²) in [5.74, 6) is -0.386. The molecule has 5 nitrogen and oxygen atoms in total. The summed E-state index contributed by atoms with van der Waals surface area (Å²) < 4.78 is 25.6. The van der Waals surface area contributed by atoms with Gasteiger partial charge in [-0.05, 0) is 44.5 Å². The van der Waals surface area contributed by atoms with Crippen LogP contribution in [0.15, 0.2) is 48.5 Å². The third-order valence-corrected chi connectivity index (χ3v) is 5.56. The zero-order chi connectivity index (χ0) is 19.5. The van der Waals surface area contributed by atoms with E-state index in [0.717, 1.165) is 21.7 Å². The monoisotopic (exact) mass is 394 g/mol. The van der Waals surface area contributed by atoms with Crippen molar-refractivity contribution in [3.63, 3.8) is 0 Å². The number of benzene rings is 2. The van der Waals surface area contributed by atoms with Crippen LogP contribution in [0.2, 0.25) is 5.02 Å². The van der Waals surface area contributed by atoms with E-state index in [4.69, 9.17) is 11.6 Å². The van der Waals surface area contributed by atoms with Crippen molar-refractivity contribution >= 4 is 33.2 Å². The predicted molar refractivity (Wildman–Crippen MR) is 106 cm³/mol. The number of hydrogen-bond donors (Lipinski definition) is 1. The van der Waals surface area contributed by atoms with Crippen molar-refractivity contribution in [1.29, 1.82) is 0 Å². The number of nitrogens with one attached hydrogen (secondary N) is 1. The van der Waals surface area contributed by atoms with Crippen LogP contribution in [0.5, 0.6) is 0 Å². The van der Waals surface area contributed by atoms with E-state index in [2.05, 4.69) is 5.32 Å². The second-order valence-corrected chi connectivity index (χ2v) is 8.65. The highest BCUT2D eigenvalue weighted by Crippen LogP contribution is 2.24. The summed E-state index contributed by atoms with van der Waals surface area (Å²) in [4.78, 5) is 12.7. The molecule has 0 heterocycles. The molecule has 0 bridgehead atoms. The van der Waals surface area contributed by atoms with Crippen molar-refractivity contribution in [3.8, 4) is 0 Å². The van der Waals surface area contributed by atoms with Gasteiger partial charge < -0.3 is 5.32 Å². The van der Waals surface area contributed by atoms with Crippen LogP contribution in [0.4, 0.5) is 5.69 Å². The fourth-order valence-electron chi connectivity index (χ4n) is 2.69. The molecule has 2 atom stereocenters. The molecule has 1 N–H and O–H groups in total. The Morgan fingerprint density at radius 2 is 1.73 bits per heavy atom. The zero-order valence-corrected chi connectivity index (χ0v) is 16.8. The van der Waals surface area contributed by atoms with E-state index < -0.39 is 16.1 Å². The molecule has 2 rings (SSSR count). The lowest BCUT2D eigenvalue weighted by molar-refractivity contribution is -0.122. The van der Waals surface area contributed by atoms with Gasteiger partial charge in [-0.3, -0.25) is 9.10 Å².